The number of rotatable bonds is 5. The second kappa shape index (κ2) is 7.39. The number of hydrogen-bond acceptors (Lipinski definition) is 3. The lowest BCUT2D eigenvalue weighted by Gasteiger charge is -2.46. The Kier molecular flexibility index (Phi) is 6.09. The quantitative estimate of drug-likeness (QED) is 0.789. The van der Waals surface area contributed by atoms with E-state index >= 15 is 0 Å². The Morgan fingerprint density at radius 3 is 2.40 bits per heavy atom. The van der Waals surface area contributed by atoms with Gasteiger partial charge in [-0.15, -0.1) is 11.3 Å². The van der Waals surface area contributed by atoms with Crippen LogP contribution >= 0.6 is 27.3 Å². The lowest BCUT2D eigenvalue weighted by atomic mass is 9.79. The zero-order chi connectivity index (χ0) is 14.6. The molecule has 1 N–H and O–H groups in total. The van der Waals surface area contributed by atoms with Gasteiger partial charge in [0.15, 0.2) is 0 Å². The van der Waals surface area contributed by atoms with Crippen molar-refractivity contribution in [2.45, 2.75) is 56.5 Å². The van der Waals surface area contributed by atoms with E-state index in [4.69, 9.17) is 0 Å². The number of halogens is 1. The van der Waals surface area contributed by atoms with Gasteiger partial charge in [-0.1, -0.05) is 25.7 Å². The molecule has 0 aliphatic heterocycles. The Balaban J connectivity index is 2.22. The van der Waals surface area contributed by atoms with Gasteiger partial charge in [0.05, 0.1) is 0 Å². The van der Waals surface area contributed by atoms with Crippen molar-refractivity contribution >= 4 is 27.3 Å². The van der Waals surface area contributed by atoms with E-state index in [9.17, 15) is 0 Å². The molecule has 20 heavy (non-hydrogen) atoms. The van der Waals surface area contributed by atoms with Crippen molar-refractivity contribution in [3.05, 3.63) is 20.8 Å². The van der Waals surface area contributed by atoms with Gasteiger partial charge in [0.2, 0.25) is 0 Å². The molecule has 1 atom stereocenters. The van der Waals surface area contributed by atoms with E-state index < -0.39 is 0 Å². The van der Waals surface area contributed by atoms with Crippen molar-refractivity contribution in [1.82, 2.24) is 10.2 Å². The molecule has 114 valence electrons. The summed E-state index contributed by atoms with van der Waals surface area (Å²) in [6.45, 7) is 0. The van der Waals surface area contributed by atoms with Crippen molar-refractivity contribution in [2.75, 3.05) is 21.1 Å². The summed E-state index contributed by atoms with van der Waals surface area (Å²) in [6, 6.07) is 2.69. The average molecular weight is 359 g/mol. The van der Waals surface area contributed by atoms with E-state index in [0.29, 0.717) is 11.6 Å². The third kappa shape index (κ3) is 3.46. The summed E-state index contributed by atoms with van der Waals surface area (Å²) in [7, 11) is 6.65. The van der Waals surface area contributed by atoms with Gasteiger partial charge in [-0.25, -0.2) is 0 Å². The molecule has 1 aromatic rings. The van der Waals surface area contributed by atoms with Crippen LogP contribution in [0.15, 0.2) is 15.9 Å². The summed E-state index contributed by atoms with van der Waals surface area (Å²) in [5.41, 5.74) is 0.300. The maximum absolute atomic E-state index is 3.69. The molecule has 1 unspecified atom stereocenters. The summed E-state index contributed by atoms with van der Waals surface area (Å²) in [4.78, 5) is 3.95. The molecular formula is C16H27BrN2S. The highest BCUT2D eigenvalue weighted by Crippen LogP contribution is 2.36. The highest BCUT2D eigenvalue weighted by molar-refractivity contribution is 9.10. The topological polar surface area (TPSA) is 15.3 Å². The van der Waals surface area contributed by atoms with E-state index in [-0.39, 0.29) is 0 Å². The zero-order valence-electron chi connectivity index (χ0n) is 12.9. The molecule has 0 saturated heterocycles. The van der Waals surface area contributed by atoms with Crippen LogP contribution in [0.3, 0.4) is 0 Å². The van der Waals surface area contributed by atoms with Crippen LogP contribution in [0.5, 0.6) is 0 Å². The molecule has 0 amide bonds. The number of hydrogen-bond donors (Lipinski definition) is 1. The van der Waals surface area contributed by atoms with E-state index in [2.05, 4.69) is 58.7 Å². The molecule has 2 rings (SSSR count). The first-order valence-electron chi connectivity index (χ1n) is 7.67. The van der Waals surface area contributed by atoms with Crippen LogP contribution in [-0.2, 0) is 6.42 Å². The highest BCUT2D eigenvalue weighted by Gasteiger charge is 2.40. The van der Waals surface area contributed by atoms with Gasteiger partial charge in [0.1, 0.15) is 0 Å². The average Bonchev–Trinajstić information content (AvgIpc) is 2.68. The molecule has 1 fully saturated rings. The standard InChI is InChI=1S/C16H27BrN2S/c1-18-15(12-14-13(17)8-11-20-14)16(19(2)3)9-6-4-5-7-10-16/h8,11,15,18H,4-7,9-10,12H2,1-3H3. The third-order valence-electron chi connectivity index (χ3n) is 4.94. The number of nitrogens with zero attached hydrogens (tertiary/aromatic N) is 1. The molecule has 0 radical (unpaired) electrons. The van der Waals surface area contributed by atoms with E-state index in [1.54, 1.807) is 0 Å². The number of likely N-dealkylation sites (N-methyl/N-ethyl adjacent to an activating group) is 2. The lowest BCUT2D eigenvalue weighted by molar-refractivity contribution is 0.0838. The first kappa shape index (κ1) is 16.5. The Labute approximate surface area is 136 Å². The predicted octanol–water partition coefficient (Wildman–Crippen LogP) is 4.30. The van der Waals surface area contributed by atoms with Crippen LogP contribution in [0.4, 0.5) is 0 Å². The normalized spacial score (nSPS) is 20.9. The first-order valence-corrected chi connectivity index (χ1v) is 9.34. The van der Waals surface area contributed by atoms with Gasteiger partial charge in [0.25, 0.3) is 0 Å². The Hall–Kier alpha value is 0.1000. The minimum atomic E-state index is 0.300. The summed E-state index contributed by atoms with van der Waals surface area (Å²) in [6.07, 6.45) is 9.27. The molecule has 0 bridgehead atoms. The second-order valence-corrected chi connectivity index (χ2v) is 8.00. The monoisotopic (exact) mass is 358 g/mol. The van der Waals surface area contributed by atoms with Crippen LogP contribution in [0.1, 0.15) is 43.4 Å². The van der Waals surface area contributed by atoms with E-state index in [0.717, 1.165) is 6.42 Å². The SMILES string of the molecule is CNC(Cc1sccc1Br)C1(N(C)C)CCCCCC1. The van der Waals surface area contributed by atoms with Gasteiger partial charge in [-0.2, -0.15) is 0 Å². The predicted molar refractivity (Wildman–Crippen MR) is 92.7 cm³/mol. The summed E-state index contributed by atoms with van der Waals surface area (Å²) < 4.78 is 1.27. The van der Waals surface area contributed by atoms with Gasteiger partial charge in [-0.05, 0) is 67.8 Å². The molecule has 0 spiro atoms. The van der Waals surface area contributed by atoms with Gasteiger partial charge in [-0.3, -0.25) is 0 Å². The fraction of sp³-hybridized carbons (Fsp3) is 0.750. The molecule has 1 aliphatic rings. The Bertz CT molecular complexity index is 408. The van der Waals surface area contributed by atoms with Gasteiger partial charge >= 0.3 is 0 Å². The molecular weight excluding hydrogens is 332 g/mol. The van der Waals surface area contributed by atoms with Gasteiger partial charge < -0.3 is 10.2 Å². The molecule has 2 nitrogen and oxygen atoms in total. The van der Waals surface area contributed by atoms with Crippen molar-refractivity contribution in [1.29, 1.82) is 0 Å². The van der Waals surface area contributed by atoms with Gasteiger partial charge in [0, 0.05) is 20.9 Å². The van der Waals surface area contributed by atoms with Crippen LogP contribution < -0.4 is 5.32 Å². The maximum atomic E-state index is 3.69. The summed E-state index contributed by atoms with van der Waals surface area (Å²) in [5.74, 6) is 0. The van der Waals surface area contributed by atoms with Crippen LogP contribution in [0, 0.1) is 0 Å². The molecule has 1 saturated carbocycles. The Morgan fingerprint density at radius 2 is 1.95 bits per heavy atom. The third-order valence-corrected chi connectivity index (χ3v) is 6.89. The lowest BCUT2D eigenvalue weighted by Crippen LogP contribution is -2.59. The smallest absolute Gasteiger partial charge is 0.0359 e. The minimum absolute atomic E-state index is 0.300. The minimum Gasteiger partial charge on any atom is -0.315 e. The molecule has 1 aliphatic carbocycles. The maximum Gasteiger partial charge on any atom is 0.0359 e. The first-order chi connectivity index (χ1) is 9.60. The van der Waals surface area contributed by atoms with E-state index in [1.165, 1.54) is 47.9 Å². The van der Waals surface area contributed by atoms with Crippen LogP contribution in [-0.4, -0.2) is 37.6 Å². The molecule has 1 heterocycles. The van der Waals surface area contributed by atoms with Crippen molar-refractivity contribution < 1.29 is 0 Å². The van der Waals surface area contributed by atoms with Crippen LogP contribution in [0.2, 0.25) is 0 Å². The van der Waals surface area contributed by atoms with E-state index in [1.807, 2.05) is 11.3 Å². The molecule has 4 heteroatoms. The fourth-order valence-corrected chi connectivity index (χ4v) is 5.23. The summed E-state index contributed by atoms with van der Waals surface area (Å²) >= 11 is 5.55. The van der Waals surface area contributed by atoms with Crippen molar-refractivity contribution in [3.8, 4) is 0 Å². The fourth-order valence-electron chi connectivity index (χ4n) is 3.66. The summed E-state index contributed by atoms with van der Waals surface area (Å²) in [5, 5.41) is 5.81. The number of thiophene rings is 1. The molecule has 1 aromatic heterocycles. The molecule has 0 aromatic carbocycles. The highest BCUT2D eigenvalue weighted by atomic mass is 79.9. The van der Waals surface area contributed by atoms with Crippen LogP contribution in [0.25, 0.3) is 0 Å². The Morgan fingerprint density at radius 1 is 1.30 bits per heavy atom. The second-order valence-electron chi connectivity index (χ2n) is 6.15. The number of nitrogens with one attached hydrogen (secondary N) is 1. The zero-order valence-corrected chi connectivity index (χ0v) is 15.3. The van der Waals surface area contributed by atoms with Crippen molar-refractivity contribution in [3.63, 3.8) is 0 Å². The largest absolute Gasteiger partial charge is 0.315 e. The van der Waals surface area contributed by atoms with Crippen molar-refractivity contribution in [2.24, 2.45) is 0 Å².